The first-order chi connectivity index (χ1) is 9.72. The summed E-state index contributed by atoms with van der Waals surface area (Å²) in [6.07, 6.45) is 14.8. The van der Waals surface area contributed by atoms with Gasteiger partial charge in [0.05, 0.1) is 11.9 Å². The SMILES string of the molecule is C#CCn1ncc(NCCCC2CCCC2)c(Br)c1=O. The number of anilines is 1. The van der Waals surface area contributed by atoms with Crippen molar-refractivity contribution in [2.75, 3.05) is 11.9 Å². The average molecular weight is 338 g/mol. The van der Waals surface area contributed by atoms with E-state index in [1.807, 2.05) is 0 Å². The van der Waals surface area contributed by atoms with Crippen LogP contribution in [0.25, 0.3) is 0 Å². The summed E-state index contributed by atoms with van der Waals surface area (Å²) in [4.78, 5) is 11.9. The van der Waals surface area contributed by atoms with Gasteiger partial charge in [0.15, 0.2) is 0 Å². The first-order valence-electron chi connectivity index (χ1n) is 7.15. The molecule has 1 saturated carbocycles. The molecule has 0 bridgehead atoms. The fraction of sp³-hybridized carbons (Fsp3) is 0.600. The predicted molar refractivity (Wildman–Crippen MR) is 84.7 cm³/mol. The summed E-state index contributed by atoms with van der Waals surface area (Å²) in [5.74, 6) is 3.32. The molecule has 0 aliphatic heterocycles. The normalized spacial score (nSPS) is 15.2. The van der Waals surface area contributed by atoms with Gasteiger partial charge in [-0.25, -0.2) is 4.68 Å². The van der Waals surface area contributed by atoms with E-state index in [1.165, 1.54) is 36.8 Å². The number of hydrogen-bond acceptors (Lipinski definition) is 3. The maximum absolute atomic E-state index is 11.9. The molecule has 0 spiro atoms. The van der Waals surface area contributed by atoms with Gasteiger partial charge < -0.3 is 5.32 Å². The number of aromatic nitrogens is 2. The smallest absolute Gasteiger partial charge is 0.284 e. The van der Waals surface area contributed by atoms with Crippen molar-refractivity contribution in [1.82, 2.24) is 9.78 Å². The van der Waals surface area contributed by atoms with E-state index in [2.05, 4.69) is 32.3 Å². The van der Waals surface area contributed by atoms with Gasteiger partial charge >= 0.3 is 0 Å². The lowest BCUT2D eigenvalue weighted by molar-refractivity contribution is 0.491. The second kappa shape index (κ2) is 7.49. The van der Waals surface area contributed by atoms with Crippen LogP contribution in [-0.4, -0.2) is 16.3 Å². The number of hydrogen-bond donors (Lipinski definition) is 1. The highest BCUT2D eigenvalue weighted by Crippen LogP contribution is 2.28. The molecule has 0 aromatic carbocycles. The molecule has 4 nitrogen and oxygen atoms in total. The van der Waals surface area contributed by atoms with Gasteiger partial charge in [0.1, 0.15) is 11.0 Å². The van der Waals surface area contributed by atoms with Gasteiger partial charge in [0, 0.05) is 6.54 Å². The van der Waals surface area contributed by atoms with Crippen molar-refractivity contribution in [1.29, 1.82) is 0 Å². The van der Waals surface area contributed by atoms with Gasteiger partial charge in [0.2, 0.25) is 0 Å². The minimum atomic E-state index is -0.191. The van der Waals surface area contributed by atoms with Crippen LogP contribution in [0.3, 0.4) is 0 Å². The summed E-state index contributed by atoms with van der Waals surface area (Å²) >= 11 is 3.31. The van der Waals surface area contributed by atoms with Gasteiger partial charge in [0.25, 0.3) is 5.56 Å². The van der Waals surface area contributed by atoms with Crippen LogP contribution in [0.1, 0.15) is 38.5 Å². The molecule has 1 aromatic rings. The predicted octanol–water partition coefficient (Wildman–Crippen LogP) is 3.02. The average Bonchev–Trinajstić information content (AvgIpc) is 2.95. The van der Waals surface area contributed by atoms with E-state index < -0.39 is 0 Å². The van der Waals surface area contributed by atoms with Crippen molar-refractivity contribution < 1.29 is 0 Å². The van der Waals surface area contributed by atoms with Crippen molar-refractivity contribution in [3.63, 3.8) is 0 Å². The van der Waals surface area contributed by atoms with Crippen molar-refractivity contribution in [3.8, 4) is 12.3 Å². The second-order valence-electron chi connectivity index (χ2n) is 5.26. The summed E-state index contributed by atoms with van der Waals surface area (Å²) < 4.78 is 1.77. The Bertz CT molecular complexity index is 541. The molecule has 1 heterocycles. The molecule has 0 atom stereocenters. The third kappa shape index (κ3) is 3.86. The van der Waals surface area contributed by atoms with Crippen LogP contribution >= 0.6 is 15.9 Å². The van der Waals surface area contributed by atoms with Crippen molar-refractivity contribution in [2.24, 2.45) is 5.92 Å². The van der Waals surface area contributed by atoms with E-state index in [0.717, 1.165) is 24.6 Å². The lowest BCUT2D eigenvalue weighted by Crippen LogP contribution is -2.24. The molecule has 0 radical (unpaired) electrons. The van der Waals surface area contributed by atoms with Gasteiger partial charge in [-0.1, -0.05) is 31.6 Å². The molecule has 1 aromatic heterocycles. The Balaban J connectivity index is 1.85. The minimum Gasteiger partial charge on any atom is -0.383 e. The van der Waals surface area contributed by atoms with Crippen molar-refractivity contribution in [3.05, 3.63) is 21.0 Å². The highest BCUT2D eigenvalue weighted by Gasteiger charge is 2.14. The van der Waals surface area contributed by atoms with Crippen LogP contribution in [0, 0.1) is 18.3 Å². The Morgan fingerprint density at radius 3 is 2.95 bits per heavy atom. The molecular formula is C15H20BrN3O. The Morgan fingerprint density at radius 2 is 2.25 bits per heavy atom. The molecule has 0 amide bonds. The summed E-state index contributed by atoms with van der Waals surface area (Å²) in [5, 5.41) is 7.33. The lowest BCUT2D eigenvalue weighted by Gasteiger charge is -2.11. The molecule has 1 aliphatic carbocycles. The van der Waals surface area contributed by atoms with E-state index >= 15 is 0 Å². The van der Waals surface area contributed by atoms with Crippen LogP contribution in [0.15, 0.2) is 15.5 Å². The lowest BCUT2D eigenvalue weighted by atomic mass is 10.0. The molecule has 1 fully saturated rings. The first kappa shape index (κ1) is 15.1. The molecule has 20 heavy (non-hydrogen) atoms. The molecule has 1 aliphatic rings. The molecule has 0 saturated heterocycles. The van der Waals surface area contributed by atoms with Crippen LogP contribution in [0.4, 0.5) is 5.69 Å². The molecule has 2 rings (SSSR count). The topological polar surface area (TPSA) is 46.9 Å². The Hall–Kier alpha value is -1.28. The van der Waals surface area contributed by atoms with Crippen LogP contribution < -0.4 is 10.9 Å². The number of terminal acetylenes is 1. The Labute approximate surface area is 128 Å². The van der Waals surface area contributed by atoms with Crippen molar-refractivity contribution >= 4 is 21.6 Å². The summed E-state index contributed by atoms with van der Waals surface area (Å²) in [7, 11) is 0. The number of rotatable bonds is 6. The largest absolute Gasteiger partial charge is 0.383 e. The first-order valence-corrected chi connectivity index (χ1v) is 7.94. The van der Waals surface area contributed by atoms with Gasteiger partial charge in [-0.2, -0.15) is 5.10 Å². The van der Waals surface area contributed by atoms with E-state index in [1.54, 1.807) is 6.20 Å². The molecule has 5 heteroatoms. The molecule has 0 unspecified atom stereocenters. The van der Waals surface area contributed by atoms with Gasteiger partial charge in [-0.15, -0.1) is 6.42 Å². The number of halogens is 1. The third-order valence-corrected chi connectivity index (χ3v) is 4.57. The highest BCUT2D eigenvalue weighted by molar-refractivity contribution is 9.10. The maximum atomic E-state index is 11.9. The van der Waals surface area contributed by atoms with Crippen LogP contribution in [0.2, 0.25) is 0 Å². The van der Waals surface area contributed by atoms with E-state index in [4.69, 9.17) is 6.42 Å². The quantitative estimate of drug-likeness (QED) is 0.641. The zero-order chi connectivity index (χ0) is 14.4. The molecular weight excluding hydrogens is 318 g/mol. The monoisotopic (exact) mass is 337 g/mol. The van der Waals surface area contributed by atoms with Crippen LogP contribution in [-0.2, 0) is 6.54 Å². The molecule has 1 N–H and O–H groups in total. The van der Waals surface area contributed by atoms with Crippen LogP contribution in [0.5, 0.6) is 0 Å². The molecule has 108 valence electrons. The fourth-order valence-electron chi connectivity index (χ4n) is 2.70. The second-order valence-corrected chi connectivity index (χ2v) is 6.05. The van der Waals surface area contributed by atoms with Gasteiger partial charge in [-0.05, 0) is 34.7 Å². The van der Waals surface area contributed by atoms with Gasteiger partial charge in [-0.3, -0.25) is 4.79 Å². The number of nitrogens with zero attached hydrogens (tertiary/aromatic N) is 2. The minimum absolute atomic E-state index is 0.191. The highest BCUT2D eigenvalue weighted by atomic mass is 79.9. The van der Waals surface area contributed by atoms with Crippen molar-refractivity contribution in [2.45, 2.75) is 45.1 Å². The van der Waals surface area contributed by atoms with E-state index in [-0.39, 0.29) is 12.1 Å². The Kier molecular flexibility index (Phi) is 5.66. The Morgan fingerprint density at radius 1 is 1.50 bits per heavy atom. The standard InChI is InChI=1S/C15H20BrN3O/c1-2-10-19-15(20)14(16)13(11-18-19)17-9-5-8-12-6-3-4-7-12/h1,11-12,17H,3-10H2. The fourth-order valence-corrected chi connectivity index (χ4v) is 3.15. The van der Waals surface area contributed by atoms with E-state index in [0.29, 0.717) is 4.47 Å². The maximum Gasteiger partial charge on any atom is 0.284 e. The third-order valence-electron chi connectivity index (χ3n) is 3.81. The van der Waals surface area contributed by atoms with E-state index in [9.17, 15) is 4.79 Å². The number of nitrogens with one attached hydrogen (secondary N) is 1. The summed E-state index contributed by atoms with van der Waals surface area (Å²) in [6, 6.07) is 0. The summed E-state index contributed by atoms with van der Waals surface area (Å²) in [5.41, 5.74) is 0.554. The zero-order valence-corrected chi connectivity index (χ0v) is 13.2. The summed E-state index contributed by atoms with van der Waals surface area (Å²) in [6.45, 7) is 1.06. The zero-order valence-electron chi connectivity index (χ0n) is 11.6.